The molecule has 6 nitrogen and oxygen atoms in total. The van der Waals surface area contributed by atoms with Crippen LogP contribution in [0.25, 0.3) is 0 Å². The highest BCUT2D eigenvalue weighted by Gasteiger charge is 2.20. The van der Waals surface area contributed by atoms with Gasteiger partial charge in [-0.05, 0) is 23.8 Å². The molecule has 2 aromatic heterocycles. The van der Waals surface area contributed by atoms with Gasteiger partial charge in [-0.1, -0.05) is 46.9 Å². The Morgan fingerprint density at radius 3 is 2.52 bits per heavy atom. The van der Waals surface area contributed by atoms with Crippen LogP contribution in [0.4, 0.5) is 5.82 Å². The lowest BCUT2D eigenvalue weighted by atomic mass is 10.1. The number of ether oxygens (including phenoxy) is 1. The minimum Gasteiger partial charge on any atom is -0.497 e. The molecule has 0 radical (unpaired) electrons. The Kier molecular flexibility index (Phi) is 6.34. The Morgan fingerprint density at radius 1 is 1.11 bits per heavy atom. The quantitative estimate of drug-likeness (QED) is 0.604. The fourth-order valence-corrected chi connectivity index (χ4v) is 3.01. The zero-order valence-electron chi connectivity index (χ0n) is 14.2. The number of hydrogen-bond acceptors (Lipinski definition) is 6. The van der Waals surface area contributed by atoms with Crippen LogP contribution in [0, 0.1) is 0 Å². The second kappa shape index (κ2) is 8.71. The molecule has 0 fully saturated rings. The van der Waals surface area contributed by atoms with Gasteiger partial charge in [0.05, 0.1) is 18.3 Å². The van der Waals surface area contributed by atoms with Crippen LogP contribution in [0.3, 0.4) is 0 Å². The number of methoxy groups -OCH3 is 1. The number of aliphatic hydroxyl groups excluding tert-OH is 1. The van der Waals surface area contributed by atoms with Crippen molar-refractivity contribution in [2.24, 2.45) is 0 Å². The third-order valence-corrected chi connectivity index (χ3v) is 4.57. The first-order valence-corrected chi connectivity index (χ1v) is 8.99. The van der Waals surface area contributed by atoms with Gasteiger partial charge in [-0.2, -0.15) is 0 Å². The molecule has 2 heterocycles. The Hall–Kier alpha value is -2.12. The number of anilines is 1. The summed E-state index contributed by atoms with van der Waals surface area (Å²) in [6, 6.07) is 9.29. The molecule has 0 saturated carbocycles. The van der Waals surface area contributed by atoms with E-state index < -0.39 is 6.10 Å². The van der Waals surface area contributed by atoms with Crippen LogP contribution in [0.1, 0.15) is 22.9 Å². The minimum absolute atomic E-state index is 0.00983. The molecule has 0 aliphatic carbocycles. The molecule has 0 saturated heterocycles. The van der Waals surface area contributed by atoms with E-state index in [9.17, 15) is 5.11 Å². The van der Waals surface area contributed by atoms with E-state index in [0.29, 0.717) is 17.9 Å². The van der Waals surface area contributed by atoms with Crippen molar-refractivity contribution < 1.29 is 9.84 Å². The average Bonchev–Trinajstić information content (AvgIpc) is 2.67. The van der Waals surface area contributed by atoms with Gasteiger partial charge in [0.25, 0.3) is 0 Å². The van der Waals surface area contributed by atoms with E-state index in [-0.39, 0.29) is 21.0 Å². The van der Waals surface area contributed by atoms with E-state index in [1.807, 2.05) is 24.3 Å². The van der Waals surface area contributed by atoms with Crippen LogP contribution in [-0.4, -0.2) is 27.2 Å². The Bertz CT molecular complexity index is 938. The number of halogens is 3. The maximum Gasteiger partial charge on any atom is 0.155 e. The molecule has 27 heavy (non-hydrogen) atoms. The topological polar surface area (TPSA) is 80.2 Å². The summed E-state index contributed by atoms with van der Waals surface area (Å²) in [4.78, 5) is 12.2. The monoisotopic (exact) mass is 424 g/mol. The van der Waals surface area contributed by atoms with Crippen molar-refractivity contribution in [3.63, 3.8) is 0 Å². The highest BCUT2D eigenvalue weighted by Crippen LogP contribution is 2.31. The summed E-state index contributed by atoms with van der Waals surface area (Å²) in [5.74, 6) is 1.33. The smallest absolute Gasteiger partial charge is 0.155 e. The molecule has 3 rings (SSSR count). The molecule has 0 amide bonds. The van der Waals surface area contributed by atoms with Gasteiger partial charge in [0.2, 0.25) is 0 Å². The lowest BCUT2D eigenvalue weighted by molar-refractivity contribution is 0.215. The normalized spacial score (nSPS) is 11.9. The maximum atomic E-state index is 10.6. The minimum atomic E-state index is -1.17. The third kappa shape index (κ3) is 4.78. The number of nitrogens with one attached hydrogen (secondary N) is 1. The third-order valence-electron chi connectivity index (χ3n) is 3.80. The van der Waals surface area contributed by atoms with Gasteiger partial charge in [0, 0.05) is 18.3 Å². The van der Waals surface area contributed by atoms with Crippen LogP contribution < -0.4 is 10.1 Å². The van der Waals surface area contributed by atoms with E-state index in [1.165, 1.54) is 12.4 Å². The molecule has 1 unspecified atom stereocenters. The first kappa shape index (κ1) is 19.6. The number of hydrogen-bond donors (Lipinski definition) is 2. The van der Waals surface area contributed by atoms with Gasteiger partial charge in [0.1, 0.15) is 28.5 Å². The molecule has 0 aliphatic rings. The maximum absolute atomic E-state index is 10.6. The highest BCUT2D eigenvalue weighted by molar-refractivity contribution is 6.33. The number of aliphatic hydroxyl groups is 1. The first-order chi connectivity index (χ1) is 13.0. The summed E-state index contributed by atoms with van der Waals surface area (Å²) in [5, 5.41) is 14.2. The summed E-state index contributed by atoms with van der Waals surface area (Å²) in [5.41, 5.74) is 1.61. The lowest BCUT2D eigenvalue weighted by Gasteiger charge is -2.15. The van der Waals surface area contributed by atoms with Crippen LogP contribution in [0.5, 0.6) is 5.75 Å². The van der Waals surface area contributed by atoms with Gasteiger partial charge in [0.15, 0.2) is 5.15 Å². The largest absolute Gasteiger partial charge is 0.497 e. The molecule has 3 aromatic rings. The lowest BCUT2D eigenvalue weighted by Crippen LogP contribution is -2.08. The molecular formula is C18H15Cl3N4O2. The Morgan fingerprint density at radius 2 is 1.85 bits per heavy atom. The molecule has 1 atom stereocenters. The number of rotatable bonds is 6. The number of nitrogens with zero attached hydrogens (tertiary/aromatic N) is 3. The predicted octanol–water partition coefficient (Wildman–Crippen LogP) is 4.53. The van der Waals surface area contributed by atoms with Gasteiger partial charge < -0.3 is 15.2 Å². The van der Waals surface area contributed by atoms with Crippen LogP contribution in [0.2, 0.25) is 15.3 Å². The van der Waals surface area contributed by atoms with Crippen molar-refractivity contribution in [2.75, 3.05) is 12.4 Å². The summed E-state index contributed by atoms with van der Waals surface area (Å²) in [6.07, 6.45) is 1.59. The van der Waals surface area contributed by atoms with Crippen LogP contribution >= 0.6 is 34.8 Å². The molecule has 0 bridgehead atoms. The van der Waals surface area contributed by atoms with E-state index in [2.05, 4.69) is 20.3 Å². The van der Waals surface area contributed by atoms with E-state index >= 15 is 0 Å². The van der Waals surface area contributed by atoms with Gasteiger partial charge in [-0.25, -0.2) is 9.97 Å². The predicted molar refractivity (Wildman–Crippen MR) is 106 cm³/mol. The molecule has 0 spiro atoms. The summed E-state index contributed by atoms with van der Waals surface area (Å²) in [7, 11) is 1.62. The summed E-state index contributed by atoms with van der Waals surface area (Å²) in [6.45, 7) is 0.537. The standard InChI is InChI=1S/C18H15Cl3N4O2/c1-27-11-4-2-10(3-5-11)7-22-15-6-12(13(19)8-23-15)17(26)16-18(21)25-14(20)9-24-16/h2-6,8-9,17,26H,7H2,1H3,(H,22,23). The number of benzene rings is 1. The highest BCUT2D eigenvalue weighted by atomic mass is 35.5. The molecule has 9 heteroatoms. The Balaban J connectivity index is 1.78. The fraction of sp³-hybridized carbons (Fsp3) is 0.167. The molecular weight excluding hydrogens is 411 g/mol. The van der Waals surface area contributed by atoms with Crippen molar-refractivity contribution in [1.82, 2.24) is 15.0 Å². The van der Waals surface area contributed by atoms with Gasteiger partial charge >= 0.3 is 0 Å². The average molecular weight is 426 g/mol. The van der Waals surface area contributed by atoms with Crippen LogP contribution in [0.15, 0.2) is 42.7 Å². The fourth-order valence-electron chi connectivity index (χ4n) is 2.38. The second-order valence-electron chi connectivity index (χ2n) is 5.56. The zero-order chi connectivity index (χ0) is 19.4. The zero-order valence-corrected chi connectivity index (χ0v) is 16.4. The summed E-state index contributed by atoms with van der Waals surface area (Å²) >= 11 is 18.0. The molecule has 1 aromatic carbocycles. The van der Waals surface area contributed by atoms with Gasteiger partial charge in [-0.15, -0.1) is 0 Å². The van der Waals surface area contributed by atoms with Crippen molar-refractivity contribution in [3.8, 4) is 5.75 Å². The molecule has 140 valence electrons. The van der Waals surface area contributed by atoms with E-state index in [0.717, 1.165) is 11.3 Å². The van der Waals surface area contributed by atoms with Crippen molar-refractivity contribution in [3.05, 3.63) is 74.9 Å². The molecule has 2 N–H and O–H groups in total. The van der Waals surface area contributed by atoms with Gasteiger partial charge in [-0.3, -0.25) is 4.98 Å². The van der Waals surface area contributed by atoms with Crippen molar-refractivity contribution >= 4 is 40.6 Å². The first-order valence-electron chi connectivity index (χ1n) is 7.86. The van der Waals surface area contributed by atoms with E-state index in [1.54, 1.807) is 13.2 Å². The summed E-state index contributed by atoms with van der Waals surface area (Å²) < 4.78 is 5.14. The Labute approximate surface area is 171 Å². The number of pyridine rings is 1. The number of aromatic nitrogens is 3. The SMILES string of the molecule is COc1ccc(CNc2cc(C(O)c3ncc(Cl)nc3Cl)c(Cl)cn2)cc1. The van der Waals surface area contributed by atoms with Crippen molar-refractivity contribution in [1.29, 1.82) is 0 Å². The van der Waals surface area contributed by atoms with Crippen molar-refractivity contribution in [2.45, 2.75) is 12.6 Å². The molecule has 0 aliphatic heterocycles. The van der Waals surface area contributed by atoms with Crippen LogP contribution in [-0.2, 0) is 6.54 Å². The van der Waals surface area contributed by atoms with E-state index in [4.69, 9.17) is 39.5 Å². The second-order valence-corrected chi connectivity index (χ2v) is 6.72.